The van der Waals surface area contributed by atoms with E-state index in [0.29, 0.717) is 12.5 Å². The van der Waals surface area contributed by atoms with E-state index in [1.165, 1.54) is 12.8 Å². The second kappa shape index (κ2) is 7.93. The third-order valence-corrected chi connectivity index (χ3v) is 4.21. The molecular weight excluding hydrogens is 252 g/mol. The molecule has 1 N–H and O–H groups in total. The molecule has 1 saturated carbocycles. The van der Waals surface area contributed by atoms with Gasteiger partial charge in [-0.25, -0.2) is 0 Å². The summed E-state index contributed by atoms with van der Waals surface area (Å²) in [5.74, 6) is 0.465. The van der Waals surface area contributed by atoms with Gasteiger partial charge >= 0.3 is 5.97 Å². The molecule has 1 aliphatic carbocycles. The Morgan fingerprint density at radius 3 is 2.65 bits per heavy atom. The van der Waals surface area contributed by atoms with E-state index in [1.807, 2.05) is 30.3 Å². The number of hydrogen-bond donors (Lipinski definition) is 1. The van der Waals surface area contributed by atoms with Gasteiger partial charge in [0.25, 0.3) is 0 Å². The van der Waals surface area contributed by atoms with Crippen molar-refractivity contribution in [2.45, 2.75) is 44.9 Å². The Balaban J connectivity index is 1.75. The Hall–Kier alpha value is -1.51. The van der Waals surface area contributed by atoms with E-state index in [0.717, 1.165) is 37.9 Å². The van der Waals surface area contributed by atoms with Gasteiger partial charge in [-0.05, 0) is 43.7 Å². The normalized spacial score (nSPS) is 23.0. The first kappa shape index (κ1) is 14.9. The lowest BCUT2D eigenvalue weighted by Crippen LogP contribution is -2.23. The van der Waals surface area contributed by atoms with E-state index < -0.39 is 5.97 Å². The smallest absolute Gasteiger partial charge is 0.306 e. The van der Waals surface area contributed by atoms with Crippen molar-refractivity contribution in [3.05, 3.63) is 30.3 Å². The number of rotatable bonds is 6. The first-order chi connectivity index (χ1) is 9.77. The van der Waals surface area contributed by atoms with Crippen molar-refractivity contribution in [3.8, 4) is 5.75 Å². The molecule has 0 heterocycles. The maximum absolute atomic E-state index is 11.3. The van der Waals surface area contributed by atoms with E-state index in [1.54, 1.807) is 0 Å². The van der Waals surface area contributed by atoms with Crippen molar-refractivity contribution in [2.75, 3.05) is 6.61 Å². The average Bonchev–Trinajstić information content (AvgIpc) is 2.70. The quantitative estimate of drug-likeness (QED) is 0.628. The monoisotopic (exact) mass is 276 g/mol. The number of hydrogen-bond acceptors (Lipinski definition) is 2. The lowest BCUT2D eigenvalue weighted by atomic mass is 9.84. The van der Waals surface area contributed by atoms with E-state index >= 15 is 0 Å². The molecule has 0 spiro atoms. The van der Waals surface area contributed by atoms with E-state index in [-0.39, 0.29) is 5.92 Å². The maximum Gasteiger partial charge on any atom is 0.306 e. The number of para-hydroxylation sites is 1. The molecule has 110 valence electrons. The predicted molar refractivity (Wildman–Crippen MR) is 78.9 cm³/mol. The standard InChI is InChI=1S/C17H24O3/c18-17(19)16-12-6-1-3-8-14(16)9-7-13-20-15-10-4-2-5-11-15/h2,4-5,10-11,14,16H,1,3,6-9,12-13H2,(H,18,19). The van der Waals surface area contributed by atoms with Crippen LogP contribution in [0.3, 0.4) is 0 Å². The van der Waals surface area contributed by atoms with Crippen LogP contribution in [0.5, 0.6) is 5.75 Å². The number of carboxylic acid groups (broad SMARTS) is 1. The first-order valence-corrected chi connectivity index (χ1v) is 7.68. The number of benzene rings is 1. The highest BCUT2D eigenvalue weighted by atomic mass is 16.5. The number of ether oxygens (including phenoxy) is 1. The SMILES string of the molecule is O=C(O)C1CCCCCC1CCCOc1ccccc1. The van der Waals surface area contributed by atoms with Gasteiger partial charge < -0.3 is 9.84 Å². The largest absolute Gasteiger partial charge is 0.494 e. The zero-order valence-electron chi connectivity index (χ0n) is 12.0. The fourth-order valence-electron chi connectivity index (χ4n) is 3.11. The predicted octanol–water partition coefficient (Wildman–Crippen LogP) is 4.13. The lowest BCUT2D eigenvalue weighted by Gasteiger charge is -2.21. The summed E-state index contributed by atoms with van der Waals surface area (Å²) >= 11 is 0. The van der Waals surface area contributed by atoms with E-state index in [2.05, 4.69) is 0 Å². The summed E-state index contributed by atoms with van der Waals surface area (Å²) in [5.41, 5.74) is 0. The second-order valence-electron chi connectivity index (χ2n) is 5.65. The van der Waals surface area contributed by atoms with Crippen molar-refractivity contribution in [1.82, 2.24) is 0 Å². The Labute approximate surface area is 121 Å². The minimum Gasteiger partial charge on any atom is -0.494 e. The summed E-state index contributed by atoms with van der Waals surface area (Å²) in [7, 11) is 0. The third kappa shape index (κ3) is 4.55. The Morgan fingerprint density at radius 1 is 1.15 bits per heavy atom. The minimum absolute atomic E-state index is 0.144. The van der Waals surface area contributed by atoms with Gasteiger partial charge in [-0.1, -0.05) is 37.5 Å². The molecule has 0 radical (unpaired) electrons. The van der Waals surface area contributed by atoms with Gasteiger partial charge in [-0.3, -0.25) is 4.79 Å². The second-order valence-corrected chi connectivity index (χ2v) is 5.65. The van der Waals surface area contributed by atoms with Gasteiger partial charge in [0.05, 0.1) is 12.5 Å². The van der Waals surface area contributed by atoms with Crippen LogP contribution in [0.4, 0.5) is 0 Å². The topological polar surface area (TPSA) is 46.5 Å². The average molecular weight is 276 g/mol. The summed E-state index contributed by atoms with van der Waals surface area (Å²) in [5, 5.41) is 9.34. The molecule has 0 saturated heterocycles. The molecule has 1 fully saturated rings. The summed E-state index contributed by atoms with van der Waals surface area (Å²) in [6.45, 7) is 0.673. The van der Waals surface area contributed by atoms with Crippen LogP contribution >= 0.6 is 0 Å². The molecule has 0 aromatic heterocycles. The van der Waals surface area contributed by atoms with Crippen molar-refractivity contribution in [2.24, 2.45) is 11.8 Å². The highest BCUT2D eigenvalue weighted by Gasteiger charge is 2.28. The van der Waals surface area contributed by atoms with Crippen molar-refractivity contribution < 1.29 is 14.6 Å². The number of carboxylic acids is 1. The summed E-state index contributed by atoms with van der Waals surface area (Å²) in [4.78, 5) is 11.3. The maximum atomic E-state index is 11.3. The Bertz CT molecular complexity index is 402. The van der Waals surface area contributed by atoms with Gasteiger partial charge in [0.2, 0.25) is 0 Å². The summed E-state index contributed by atoms with van der Waals surface area (Å²) in [6, 6.07) is 9.79. The molecule has 0 amide bonds. The van der Waals surface area contributed by atoms with Crippen LogP contribution in [0.1, 0.15) is 44.9 Å². The van der Waals surface area contributed by atoms with Crippen LogP contribution in [-0.2, 0) is 4.79 Å². The fourth-order valence-corrected chi connectivity index (χ4v) is 3.11. The molecule has 3 nitrogen and oxygen atoms in total. The van der Waals surface area contributed by atoms with E-state index in [4.69, 9.17) is 4.74 Å². The van der Waals surface area contributed by atoms with Crippen LogP contribution < -0.4 is 4.74 Å². The van der Waals surface area contributed by atoms with Gasteiger partial charge in [0.1, 0.15) is 5.75 Å². The van der Waals surface area contributed by atoms with Crippen LogP contribution in [-0.4, -0.2) is 17.7 Å². The minimum atomic E-state index is -0.610. The van der Waals surface area contributed by atoms with Crippen LogP contribution in [0.2, 0.25) is 0 Å². The molecule has 1 aromatic carbocycles. The third-order valence-electron chi connectivity index (χ3n) is 4.21. The highest BCUT2D eigenvalue weighted by Crippen LogP contribution is 2.32. The molecule has 2 unspecified atom stereocenters. The van der Waals surface area contributed by atoms with Crippen molar-refractivity contribution in [1.29, 1.82) is 0 Å². The van der Waals surface area contributed by atoms with Crippen LogP contribution in [0, 0.1) is 11.8 Å². The number of carbonyl (C=O) groups is 1. The Morgan fingerprint density at radius 2 is 1.90 bits per heavy atom. The molecule has 0 aliphatic heterocycles. The van der Waals surface area contributed by atoms with Crippen molar-refractivity contribution in [3.63, 3.8) is 0 Å². The van der Waals surface area contributed by atoms with E-state index in [9.17, 15) is 9.90 Å². The molecule has 20 heavy (non-hydrogen) atoms. The van der Waals surface area contributed by atoms with Crippen molar-refractivity contribution >= 4 is 5.97 Å². The molecule has 1 aliphatic rings. The highest BCUT2D eigenvalue weighted by molar-refractivity contribution is 5.70. The summed E-state index contributed by atoms with van der Waals surface area (Å²) in [6.07, 6.45) is 7.22. The summed E-state index contributed by atoms with van der Waals surface area (Å²) < 4.78 is 5.68. The van der Waals surface area contributed by atoms with Gasteiger partial charge in [0, 0.05) is 0 Å². The fraction of sp³-hybridized carbons (Fsp3) is 0.588. The molecule has 3 heteroatoms. The first-order valence-electron chi connectivity index (χ1n) is 7.68. The van der Waals surface area contributed by atoms with Crippen LogP contribution in [0.25, 0.3) is 0 Å². The number of aliphatic carboxylic acids is 1. The van der Waals surface area contributed by atoms with Gasteiger partial charge in [-0.15, -0.1) is 0 Å². The zero-order valence-corrected chi connectivity index (χ0v) is 12.0. The molecule has 2 rings (SSSR count). The zero-order chi connectivity index (χ0) is 14.2. The molecule has 0 bridgehead atoms. The van der Waals surface area contributed by atoms with Gasteiger partial charge in [-0.2, -0.15) is 0 Å². The molecule has 1 aromatic rings. The molecular formula is C17H24O3. The van der Waals surface area contributed by atoms with Gasteiger partial charge in [0.15, 0.2) is 0 Å². The van der Waals surface area contributed by atoms with Crippen LogP contribution in [0.15, 0.2) is 30.3 Å². The lowest BCUT2D eigenvalue weighted by molar-refractivity contribution is -0.144. The Kier molecular flexibility index (Phi) is 5.90. The molecule has 2 atom stereocenters.